The molecular weight excluding hydrogens is 284 g/mol. The van der Waals surface area contributed by atoms with Gasteiger partial charge < -0.3 is 14.6 Å². The van der Waals surface area contributed by atoms with E-state index >= 15 is 0 Å². The topological polar surface area (TPSA) is 73.6 Å². The second-order valence-corrected chi connectivity index (χ2v) is 5.83. The van der Waals surface area contributed by atoms with Gasteiger partial charge in [-0.25, -0.2) is 4.98 Å². The molecule has 0 atom stereocenters. The van der Waals surface area contributed by atoms with Crippen LogP contribution in [0, 0.1) is 5.41 Å². The van der Waals surface area contributed by atoms with Crippen molar-refractivity contribution in [2.45, 2.75) is 19.4 Å². The molecule has 0 unspecified atom stereocenters. The van der Waals surface area contributed by atoms with Crippen LogP contribution in [0.15, 0.2) is 29.3 Å². The van der Waals surface area contributed by atoms with Crippen LogP contribution in [0.4, 0.5) is 0 Å². The minimum Gasteiger partial charge on any atom is -0.497 e. The highest BCUT2D eigenvalue weighted by atomic mass is 16.5. The predicted octanol–water partition coefficient (Wildman–Crippen LogP) is 1.19. The van der Waals surface area contributed by atoms with Crippen LogP contribution in [-0.4, -0.2) is 41.6 Å². The van der Waals surface area contributed by atoms with E-state index in [1.165, 1.54) is 0 Å². The Balaban J connectivity index is 2.00. The van der Waals surface area contributed by atoms with Crippen molar-refractivity contribution in [2.75, 3.05) is 26.9 Å². The highest BCUT2D eigenvalue weighted by molar-refractivity contribution is 5.78. The Morgan fingerprint density at radius 2 is 2.18 bits per heavy atom. The summed E-state index contributed by atoms with van der Waals surface area (Å²) in [5.74, 6) is 0.632. The van der Waals surface area contributed by atoms with Crippen LogP contribution < -0.4 is 10.3 Å². The molecule has 2 aromatic rings. The lowest BCUT2D eigenvalue weighted by molar-refractivity contribution is -0.0258. The number of nitrogens with zero attached hydrogens (tertiary/aromatic N) is 2. The average molecular weight is 304 g/mol. The van der Waals surface area contributed by atoms with Crippen molar-refractivity contribution in [1.29, 1.82) is 0 Å². The summed E-state index contributed by atoms with van der Waals surface area (Å²) >= 11 is 0. The third-order valence-electron chi connectivity index (χ3n) is 4.43. The maximum atomic E-state index is 12.7. The van der Waals surface area contributed by atoms with Gasteiger partial charge in [-0.15, -0.1) is 0 Å². The number of rotatable bonds is 4. The van der Waals surface area contributed by atoms with Crippen molar-refractivity contribution in [2.24, 2.45) is 5.41 Å². The van der Waals surface area contributed by atoms with Gasteiger partial charge in [0.2, 0.25) is 0 Å². The van der Waals surface area contributed by atoms with Crippen LogP contribution >= 0.6 is 0 Å². The Bertz CT molecular complexity index is 720. The van der Waals surface area contributed by atoms with Gasteiger partial charge >= 0.3 is 0 Å². The summed E-state index contributed by atoms with van der Waals surface area (Å²) in [7, 11) is 1.57. The van der Waals surface area contributed by atoms with E-state index in [1.807, 2.05) is 0 Å². The third kappa shape index (κ3) is 2.71. The molecule has 0 amide bonds. The zero-order valence-corrected chi connectivity index (χ0v) is 12.6. The fourth-order valence-corrected chi connectivity index (χ4v) is 2.91. The van der Waals surface area contributed by atoms with Gasteiger partial charge in [0.1, 0.15) is 5.75 Å². The van der Waals surface area contributed by atoms with Gasteiger partial charge in [-0.1, -0.05) is 0 Å². The molecule has 0 aliphatic carbocycles. The van der Waals surface area contributed by atoms with Gasteiger partial charge in [-0.2, -0.15) is 0 Å². The van der Waals surface area contributed by atoms with Crippen LogP contribution in [0.3, 0.4) is 0 Å². The first-order valence-electron chi connectivity index (χ1n) is 7.39. The van der Waals surface area contributed by atoms with Crippen molar-refractivity contribution in [1.82, 2.24) is 9.55 Å². The summed E-state index contributed by atoms with van der Waals surface area (Å²) in [6, 6.07) is 5.26. The highest BCUT2D eigenvalue weighted by Gasteiger charge is 2.32. The first-order chi connectivity index (χ1) is 10.7. The van der Waals surface area contributed by atoms with E-state index in [0.717, 1.165) is 12.8 Å². The molecule has 118 valence electrons. The molecule has 0 saturated carbocycles. The fraction of sp³-hybridized carbons (Fsp3) is 0.500. The van der Waals surface area contributed by atoms with Gasteiger partial charge in [0.15, 0.2) is 0 Å². The van der Waals surface area contributed by atoms with Crippen molar-refractivity contribution in [3.05, 3.63) is 34.9 Å². The number of methoxy groups -OCH3 is 1. The van der Waals surface area contributed by atoms with Crippen LogP contribution in [0.5, 0.6) is 5.75 Å². The normalized spacial score (nSPS) is 17.5. The largest absolute Gasteiger partial charge is 0.497 e. The summed E-state index contributed by atoms with van der Waals surface area (Å²) in [6.07, 6.45) is 3.04. The molecule has 0 bridgehead atoms. The summed E-state index contributed by atoms with van der Waals surface area (Å²) in [5, 5.41) is 10.3. The third-order valence-corrected chi connectivity index (χ3v) is 4.43. The van der Waals surface area contributed by atoms with E-state index in [0.29, 0.717) is 36.4 Å². The molecule has 1 N–H and O–H groups in total. The second kappa shape index (κ2) is 6.06. The van der Waals surface area contributed by atoms with Crippen molar-refractivity contribution >= 4 is 10.9 Å². The molecule has 1 saturated heterocycles. The molecule has 1 fully saturated rings. The molecule has 22 heavy (non-hydrogen) atoms. The van der Waals surface area contributed by atoms with Crippen LogP contribution in [0.2, 0.25) is 0 Å². The zero-order chi connectivity index (χ0) is 15.6. The summed E-state index contributed by atoms with van der Waals surface area (Å²) in [6.45, 7) is 1.72. The maximum Gasteiger partial charge on any atom is 0.261 e. The van der Waals surface area contributed by atoms with E-state index in [2.05, 4.69) is 4.98 Å². The maximum absolute atomic E-state index is 12.7. The molecule has 1 aromatic heterocycles. The molecule has 6 heteroatoms. The minimum absolute atomic E-state index is 0.0406. The molecule has 6 nitrogen and oxygen atoms in total. The lowest BCUT2D eigenvalue weighted by Gasteiger charge is -2.35. The van der Waals surface area contributed by atoms with Gasteiger partial charge in [0.25, 0.3) is 5.56 Å². The van der Waals surface area contributed by atoms with Crippen LogP contribution in [0.25, 0.3) is 10.9 Å². The fourth-order valence-electron chi connectivity index (χ4n) is 2.91. The average Bonchev–Trinajstić information content (AvgIpc) is 2.58. The molecule has 0 radical (unpaired) electrons. The van der Waals surface area contributed by atoms with Crippen molar-refractivity contribution in [3.8, 4) is 5.75 Å². The predicted molar refractivity (Wildman–Crippen MR) is 82.1 cm³/mol. The Morgan fingerprint density at radius 3 is 2.86 bits per heavy atom. The minimum atomic E-state index is -0.309. The Kier molecular flexibility index (Phi) is 4.13. The molecule has 1 aliphatic rings. The molecule has 1 aliphatic heterocycles. The molecule has 3 rings (SSSR count). The van der Waals surface area contributed by atoms with Crippen LogP contribution in [-0.2, 0) is 11.3 Å². The van der Waals surface area contributed by atoms with Gasteiger partial charge in [0, 0.05) is 25.2 Å². The molecular formula is C16H20N2O4. The van der Waals surface area contributed by atoms with Crippen LogP contribution in [0.1, 0.15) is 12.8 Å². The SMILES string of the molecule is COc1ccc2ncn(CC3(CO)CCOCC3)c(=O)c2c1. The number of aliphatic hydroxyl groups is 1. The smallest absolute Gasteiger partial charge is 0.261 e. The van der Waals surface area contributed by atoms with Crippen molar-refractivity contribution in [3.63, 3.8) is 0 Å². The van der Waals surface area contributed by atoms with Gasteiger partial charge in [0.05, 0.1) is 30.9 Å². The van der Waals surface area contributed by atoms with E-state index in [9.17, 15) is 9.90 Å². The molecule has 0 spiro atoms. The van der Waals surface area contributed by atoms with E-state index in [1.54, 1.807) is 36.2 Å². The highest BCUT2D eigenvalue weighted by Crippen LogP contribution is 2.31. The number of benzene rings is 1. The number of hydrogen-bond acceptors (Lipinski definition) is 5. The van der Waals surface area contributed by atoms with E-state index in [4.69, 9.17) is 9.47 Å². The standard InChI is InChI=1S/C16H20N2O4/c1-21-12-2-3-14-13(8-12)15(20)18(11-17-14)9-16(10-19)4-6-22-7-5-16/h2-3,8,11,19H,4-7,9-10H2,1H3. The number of aliphatic hydroxyl groups excluding tert-OH is 1. The quantitative estimate of drug-likeness (QED) is 0.918. The number of aromatic nitrogens is 2. The van der Waals surface area contributed by atoms with Crippen molar-refractivity contribution < 1.29 is 14.6 Å². The van der Waals surface area contributed by atoms with E-state index in [-0.39, 0.29) is 17.6 Å². The Morgan fingerprint density at radius 1 is 1.41 bits per heavy atom. The second-order valence-electron chi connectivity index (χ2n) is 5.83. The monoisotopic (exact) mass is 304 g/mol. The lowest BCUT2D eigenvalue weighted by atomic mass is 9.81. The number of hydrogen-bond donors (Lipinski definition) is 1. The Labute approximate surface area is 128 Å². The summed E-state index contributed by atoms with van der Waals surface area (Å²) in [4.78, 5) is 17.0. The lowest BCUT2D eigenvalue weighted by Crippen LogP contribution is -2.39. The molecule has 2 heterocycles. The summed E-state index contributed by atoms with van der Waals surface area (Å²) < 4.78 is 12.1. The zero-order valence-electron chi connectivity index (χ0n) is 12.6. The summed E-state index contributed by atoms with van der Waals surface area (Å²) in [5.41, 5.74) is 0.228. The van der Waals surface area contributed by atoms with E-state index < -0.39 is 0 Å². The Hall–Kier alpha value is -1.92. The number of ether oxygens (including phenoxy) is 2. The first kappa shape index (κ1) is 15.0. The number of fused-ring (bicyclic) bond motifs is 1. The van der Waals surface area contributed by atoms with Gasteiger partial charge in [-0.3, -0.25) is 9.36 Å². The van der Waals surface area contributed by atoms with Gasteiger partial charge in [-0.05, 0) is 31.0 Å². The molecule has 1 aromatic carbocycles. The first-order valence-corrected chi connectivity index (χ1v) is 7.39.